The van der Waals surface area contributed by atoms with E-state index in [-0.39, 0.29) is 17.0 Å². The minimum atomic E-state index is 0. The number of rotatable bonds is 1. The molecule has 1 aromatic heterocycles. The molecule has 1 rings (SSSR count). The molecule has 0 aliphatic heterocycles. The van der Waals surface area contributed by atoms with E-state index in [4.69, 9.17) is 0 Å². The van der Waals surface area contributed by atoms with Crippen molar-refractivity contribution in [3.8, 4) is 0 Å². The van der Waals surface area contributed by atoms with E-state index in [1.165, 1.54) is 0 Å². The van der Waals surface area contributed by atoms with Crippen LogP contribution in [0.2, 0.25) is 0 Å². The molecule has 1 atom stereocenters. The molecule has 9 heavy (non-hydrogen) atoms. The van der Waals surface area contributed by atoms with Crippen LogP contribution in [0.3, 0.4) is 0 Å². The van der Waals surface area contributed by atoms with Gasteiger partial charge in [-0.2, -0.15) is 0 Å². The third-order valence-corrected chi connectivity index (χ3v) is 2.49. The zero-order valence-corrected chi connectivity index (χ0v) is 8.99. The molecule has 1 nitrogen and oxygen atoms in total. The lowest BCUT2D eigenvalue weighted by Gasteiger charge is -1.91. The van der Waals surface area contributed by atoms with Crippen LogP contribution in [0.5, 0.6) is 0 Å². The molecule has 0 amide bonds. The van der Waals surface area contributed by atoms with Crippen LogP contribution in [-0.2, 0) is 0 Å². The van der Waals surface area contributed by atoms with Gasteiger partial charge in [-0.25, -0.2) is 4.98 Å². The number of halogens is 2. The van der Waals surface area contributed by atoms with Crippen LogP contribution in [0.25, 0.3) is 0 Å². The van der Waals surface area contributed by atoms with Crippen LogP contribution < -0.4 is 0 Å². The summed E-state index contributed by atoms with van der Waals surface area (Å²) >= 11 is 5.08. The van der Waals surface area contributed by atoms with Gasteiger partial charge in [0, 0.05) is 11.6 Å². The number of thiazole rings is 1. The Kier molecular flexibility index (Phi) is 4.70. The van der Waals surface area contributed by atoms with Gasteiger partial charge in [0.2, 0.25) is 0 Å². The summed E-state index contributed by atoms with van der Waals surface area (Å²) in [6.45, 7) is 2.07. The van der Waals surface area contributed by atoms with Crippen molar-refractivity contribution in [3.63, 3.8) is 0 Å². The number of alkyl halides is 1. The average molecular weight is 273 g/mol. The molecule has 0 spiro atoms. The zero-order valence-electron chi connectivity index (χ0n) is 4.87. The fraction of sp³-hybridized carbons (Fsp3) is 0.400. The monoisotopic (exact) mass is 271 g/mol. The molecule has 0 aromatic carbocycles. The van der Waals surface area contributed by atoms with Crippen molar-refractivity contribution in [1.29, 1.82) is 0 Å². The summed E-state index contributed by atoms with van der Waals surface area (Å²) in [5, 5.41) is 3.12. The second kappa shape index (κ2) is 4.41. The molecule has 1 unspecified atom stereocenters. The zero-order chi connectivity index (χ0) is 5.98. The summed E-state index contributed by atoms with van der Waals surface area (Å²) in [5.41, 5.74) is 0. The van der Waals surface area contributed by atoms with Gasteiger partial charge >= 0.3 is 0 Å². The SMILES string of the molecule is Br.CC(Br)c1nccs1. The predicted octanol–water partition coefficient (Wildman–Crippen LogP) is 3.18. The van der Waals surface area contributed by atoms with Gasteiger partial charge in [-0.1, -0.05) is 15.9 Å². The highest BCUT2D eigenvalue weighted by atomic mass is 79.9. The Morgan fingerprint density at radius 2 is 2.44 bits per heavy atom. The fourth-order valence-corrected chi connectivity index (χ4v) is 1.44. The van der Waals surface area contributed by atoms with Crippen molar-refractivity contribution < 1.29 is 0 Å². The number of hydrogen-bond donors (Lipinski definition) is 0. The van der Waals surface area contributed by atoms with Crippen molar-refractivity contribution in [1.82, 2.24) is 4.98 Å². The molecular formula is C5H7Br2NS. The highest BCUT2D eigenvalue weighted by molar-refractivity contribution is 9.09. The second-order valence-corrected chi connectivity index (χ2v) is 3.79. The van der Waals surface area contributed by atoms with Crippen LogP contribution in [0.15, 0.2) is 11.6 Å². The number of hydrogen-bond acceptors (Lipinski definition) is 2. The molecule has 1 heterocycles. The summed E-state index contributed by atoms with van der Waals surface area (Å²) in [5.74, 6) is 0. The Bertz CT molecular complexity index is 150. The first-order valence-electron chi connectivity index (χ1n) is 2.34. The summed E-state index contributed by atoms with van der Waals surface area (Å²) in [4.78, 5) is 4.49. The average Bonchev–Trinajstić information content (AvgIpc) is 2.12. The first-order chi connectivity index (χ1) is 3.80. The van der Waals surface area contributed by atoms with E-state index in [1.807, 2.05) is 11.6 Å². The molecule has 0 radical (unpaired) electrons. The molecular weight excluding hydrogens is 266 g/mol. The summed E-state index contributed by atoms with van der Waals surface area (Å²) in [6, 6.07) is 0. The summed E-state index contributed by atoms with van der Waals surface area (Å²) in [6.07, 6.45) is 1.82. The van der Waals surface area contributed by atoms with Gasteiger partial charge in [-0.15, -0.1) is 28.3 Å². The second-order valence-electron chi connectivity index (χ2n) is 1.49. The summed E-state index contributed by atoms with van der Waals surface area (Å²) in [7, 11) is 0. The van der Waals surface area contributed by atoms with E-state index in [1.54, 1.807) is 11.3 Å². The largest absolute Gasteiger partial charge is 0.249 e. The van der Waals surface area contributed by atoms with Gasteiger partial charge in [0.15, 0.2) is 0 Å². The van der Waals surface area contributed by atoms with Gasteiger partial charge in [0.25, 0.3) is 0 Å². The molecule has 0 saturated carbocycles. The maximum absolute atomic E-state index is 4.09. The van der Waals surface area contributed by atoms with Crippen molar-refractivity contribution in [2.75, 3.05) is 0 Å². The smallest absolute Gasteiger partial charge is 0.106 e. The van der Waals surface area contributed by atoms with E-state index in [0.717, 1.165) is 5.01 Å². The standard InChI is InChI=1S/C5H6BrNS.BrH/c1-4(6)5-7-2-3-8-5;/h2-4H,1H3;1H. The lowest BCUT2D eigenvalue weighted by molar-refractivity contribution is 1.08. The highest BCUT2D eigenvalue weighted by Gasteiger charge is 1.99. The maximum Gasteiger partial charge on any atom is 0.106 e. The Balaban J connectivity index is 0.000000640. The fourth-order valence-electron chi connectivity index (χ4n) is 0.431. The molecule has 0 bridgehead atoms. The minimum absolute atomic E-state index is 0. The third kappa shape index (κ3) is 2.78. The molecule has 0 saturated heterocycles. The number of aromatic nitrogens is 1. The molecule has 0 N–H and O–H groups in total. The maximum atomic E-state index is 4.09. The van der Waals surface area contributed by atoms with Gasteiger partial charge in [0.1, 0.15) is 5.01 Å². The highest BCUT2D eigenvalue weighted by Crippen LogP contribution is 2.22. The van der Waals surface area contributed by atoms with Gasteiger partial charge < -0.3 is 0 Å². The third-order valence-electron chi connectivity index (χ3n) is 0.792. The van der Waals surface area contributed by atoms with E-state index in [9.17, 15) is 0 Å². The molecule has 52 valence electrons. The molecule has 0 aliphatic carbocycles. The van der Waals surface area contributed by atoms with Gasteiger partial charge in [0.05, 0.1) is 4.83 Å². The Morgan fingerprint density at radius 1 is 1.78 bits per heavy atom. The normalized spacial score (nSPS) is 12.2. The van der Waals surface area contributed by atoms with E-state index < -0.39 is 0 Å². The van der Waals surface area contributed by atoms with Crippen molar-refractivity contribution in [2.24, 2.45) is 0 Å². The van der Waals surface area contributed by atoms with Crippen LogP contribution in [0, 0.1) is 0 Å². The van der Waals surface area contributed by atoms with E-state index in [0.29, 0.717) is 4.83 Å². The van der Waals surface area contributed by atoms with Crippen molar-refractivity contribution >= 4 is 44.2 Å². The van der Waals surface area contributed by atoms with Gasteiger partial charge in [-0.05, 0) is 6.92 Å². The van der Waals surface area contributed by atoms with Crippen LogP contribution >= 0.6 is 44.2 Å². The first-order valence-corrected chi connectivity index (χ1v) is 4.13. The summed E-state index contributed by atoms with van der Waals surface area (Å²) < 4.78 is 0. The van der Waals surface area contributed by atoms with Gasteiger partial charge in [-0.3, -0.25) is 0 Å². The molecule has 4 heteroatoms. The quantitative estimate of drug-likeness (QED) is 0.716. The van der Waals surface area contributed by atoms with Crippen LogP contribution in [0.4, 0.5) is 0 Å². The van der Waals surface area contributed by atoms with E-state index in [2.05, 4.69) is 27.8 Å². The van der Waals surface area contributed by atoms with Crippen LogP contribution in [0.1, 0.15) is 16.8 Å². The Labute approximate surface area is 77.4 Å². The predicted molar refractivity (Wildman–Crippen MR) is 49.8 cm³/mol. The number of nitrogens with zero attached hydrogens (tertiary/aromatic N) is 1. The Hall–Kier alpha value is 0.590. The molecule has 1 aromatic rings. The van der Waals surface area contributed by atoms with Crippen molar-refractivity contribution in [2.45, 2.75) is 11.8 Å². The van der Waals surface area contributed by atoms with Crippen LogP contribution in [-0.4, -0.2) is 4.98 Å². The molecule has 0 fully saturated rings. The van der Waals surface area contributed by atoms with E-state index >= 15 is 0 Å². The lowest BCUT2D eigenvalue weighted by Crippen LogP contribution is -1.77. The first kappa shape index (κ1) is 9.59. The topological polar surface area (TPSA) is 12.9 Å². The Morgan fingerprint density at radius 3 is 2.67 bits per heavy atom. The molecule has 0 aliphatic rings. The van der Waals surface area contributed by atoms with Crippen molar-refractivity contribution in [3.05, 3.63) is 16.6 Å². The minimum Gasteiger partial charge on any atom is -0.249 e. The lowest BCUT2D eigenvalue weighted by atomic mass is 10.5.